The summed E-state index contributed by atoms with van der Waals surface area (Å²) in [6, 6.07) is 36.6. The summed E-state index contributed by atoms with van der Waals surface area (Å²) in [6.45, 7) is 8.62. The number of H-pyrrole nitrogens is 2. The van der Waals surface area contributed by atoms with Crippen molar-refractivity contribution in [2.75, 3.05) is 44.2 Å². The van der Waals surface area contributed by atoms with Gasteiger partial charge < -0.3 is 14.9 Å². The zero-order chi connectivity index (χ0) is 30.4. The maximum atomic E-state index is 5.97. The highest BCUT2D eigenvalue weighted by Gasteiger charge is 2.17. The van der Waals surface area contributed by atoms with E-state index in [-0.39, 0.29) is 0 Å². The number of aromatic amines is 2. The number of rotatable bonds is 6. The van der Waals surface area contributed by atoms with Gasteiger partial charge in [-0.05, 0) is 100 Å². The van der Waals surface area contributed by atoms with Crippen molar-refractivity contribution >= 4 is 44.7 Å². The van der Waals surface area contributed by atoms with Crippen molar-refractivity contribution in [2.24, 2.45) is 0 Å². The second-order valence-corrected chi connectivity index (χ2v) is 12.6. The molecular weight excluding hydrogens is 574 g/mol. The summed E-state index contributed by atoms with van der Waals surface area (Å²) >= 11 is 5.97. The largest absolute Gasteiger partial charge is 0.369 e. The molecule has 1 fully saturated rings. The zero-order valence-corrected chi connectivity index (χ0v) is 26.4. The minimum absolute atomic E-state index is 0.798. The Morgan fingerprint density at radius 3 is 1.82 bits per heavy atom. The Bertz CT molecular complexity index is 1860. The minimum atomic E-state index is 0.798. The van der Waals surface area contributed by atoms with Crippen molar-refractivity contribution in [3.8, 4) is 0 Å². The first-order chi connectivity index (χ1) is 22.2. The molecule has 1 saturated heterocycles. The van der Waals surface area contributed by atoms with Crippen LogP contribution in [-0.2, 0) is 13.1 Å². The van der Waals surface area contributed by atoms with E-state index in [0.717, 1.165) is 63.8 Å². The van der Waals surface area contributed by atoms with Gasteiger partial charge in [0.15, 0.2) is 0 Å². The molecule has 0 spiro atoms. The van der Waals surface area contributed by atoms with Gasteiger partial charge in [-0.1, -0.05) is 60.1 Å². The lowest BCUT2D eigenvalue weighted by atomic mass is 9.99. The number of para-hydroxylation sites is 1. The second kappa shape index (κ2) is 13.8. The first kappa shape index (κ1) is 29.4. The molecule has 5 nitrogen and oxygen atoms in total. The van der Waals surface area contributed by atoms with Gasteiger partial charge in [0, 0.05) is 86.5 Å². The molecule has 45 heavy (non-hydrogen) atoms. The Balaban J connectivity index is 0.000000145. The second-order valence-electron chi connectivity index (χ2n) is 12.1. The fourth-order valence-electron chi connectivity index (χ4n) is 6.50. The Kier molecular flexibility index (Phi) is 9.01. The molecule has 6 aromatic rings. The fourth-order valence-corrected chi connectivity index (χ4v) is 6.63. The van der Waals surface area contributed by atoms with E-state index in [1.807, 2.05) is 24.5 Å². The van der Waals surface area contributed by atoms with Crippen LogP contribution in [0.3, 0.4) is 0 Å². The maximum Gasteiger partial charge on any atom is 0.0454 e. The van der Waals surface area contributed by atoms with Gasteiger partial charge in [0.05, 0.1) is 0 Å². The van der Waals surface area contributed by atoms with Crippen molar-refractivity contribution in [1.82, 2.24) is 19.8 Å². The van der Waals surface area contributed by atoms with E-state index in [4.69, 9.17) is 11.6 Å². The average Bonchev–Trinajstić information content (AvgIpc) is 3.76. The van der Waals surface area contributed by atoms with Crippen LogP contribution in [0.25, 0.3) is 27.4 Å². The van der Waals surface area contributed by atoms with Crippen LogP contribution in [0.4, 0.5) is 5.69 Å². The van der Waals surface area contributed by atoms with Gasteiger partial charge in [-0.15, -0.1) is 0 Å². The standard InChI is InChI=1S/C20H19ClN2.C19H21N3/c21-19-4-2-16(3-5-19)17-8-11-23(12-9-17)14-15-1-6-20-18(13-15)7-10-22-20;1-2-4-18(5-3-1)22-12-10-21(11-13-22)15-16-6-7-19-17(14-16)8-9-20-19/h1-8,10,13,22H,9,11-12,14H2;1-9,14,20H,10-13,15H2. The Morgan fingerprint density at radius 2 is 1.22 bits per heavy atom. The Morgan fingerprint density at radius 1 is 0.600 bits per heavy atom. The van der Waals surface area contributed by atoms with Crippen LogP contribution in [0.5, 0.6) is 0 Å². The monoisotopic (exact) mass is 613 g/mol. The molecule has 8 rings (SSSR count). The van der Waals surface area contributed by atoms with Crippen LogP contribution in [0.15, 0.2) is 122 Å². The number of benzene rings is 4. The van der Waals surface area contributed by atoms with Crippen LogP contribution >= 0.6 is 11.6 Å². The summed E-state index contributed by atoms with van der Waals surface area (Å²) < 4.78 is 0. The van der Waals surface area contributed by atoms with Crippen molar-refractivity contribution in [1.29, 1.82) is 0 Å². The van der Waals surface area contributed by atoms with Gasteiger partial charge in [-0.3, -0.25) is 9.80 Å². The number of halogens is 1. The number of nitrogens with one attached hydrogen (secondary N) is 2. The molecule has 228 valence electrons. The quantitative estimate of drug-likeness (QED) is 0.198. The van der Waals surface area contributed by atoms with E-state index in [0.29, 0.717) is 0 Å². The summed E-state index contributed by atoms with van der Waals surface area (Å²) in [7, 11) is 0. The molecule has 4 aromatic carbocycles. The van der Waals surface area contributed by atoms with Crippen molar-refractivity contribution in [3.05, 3.63) is 143 Å². The first-order valence-corrected chi connectivity index (χ1v) is 16.4. The van der Waals surface area contributed by atoms with Crippen LogP contribution in [0, 0.1) is 0 Å². The predicted molar refractivity (Wildman–Crippen MR) is 190 cm³/mol. The van der Waals surface area contributed by atoms with Crippen LogP contribution in [-0.4, -0.2) is 59.0 Å². The van der Waals surface area contributed by atoms with E-state index in [9.17, 15) is 0 Å². The molecular formula is C39H40ClN5. The lowest BCUT2D eigenvalue weighted by Crippen LogP contribution is -2.45. The predicted octanol–water partition coefficient (Wildman–Crippen LogP) is 8.60. The van der Waals surface area contributed by atoms with Gasteiger partial charge in [-0.2, -0.15) is 0 Å². The number of hydrogen-bond acceptors (Lipinski definition) is 3. The maximum absolute atomic E-state index is 5.97. The molecule has 2 aliphatic heterocycles. The summed E-state index contributed by atoms with van der Waals surface area (Å²) in [5, 5.41) is 3.39. The van der Waals surface area contributed by atoms with Crippen molar-refractivity contribution in [2.45, 2.75) is 19.5 Å². The van der Waals surface area contributed by atoms with E-state index in [1.165, 1.54) is 49.8 Å². The molecule has 0 atom stereocenters. The Hall–Kier alpha value is -4.29. The lowest BCUT2D eigenvalue weighted by molar-refractivity contribution is 0.250. The number of anilines is 1. The van der Waals surface area contributed by atoms with E-state index in [1.54, 1.807) is 0 Å². The third kappa shape index (κ3) is 7.34. The third-order valence-corrected chi connectivity index (χ3v) is 9.30. The van der Waals surface area contributed by atoms with E-state index < -0.39 is 0 Å². The summed E-state index contributed by atoms with van der Waals surface area (Å²) in [5.41, 5.74) is 9.27. The molecule has 0 saturated carbocycles. The molecule has 2 N–H and O–H groups in total. The van der Waals surface area contributed by atoms with Crippen molar-refractivity contribution < 1.29 is 0 Å². The van der Waals surface area contributed by atoms with E-state index in [2.05, 4.69) is 122 Å². The number of nitrogens with zero attached hydrogens (tertiary/aromatic N) is 3. The smallest absolute Gasteiger partial charge is 0.0454 e. The minimum Gasteiger partial charge on any atom is -0.369 e. The molecule has 0 unspecified atom stereocenters. The Labute approximate surface area is 270 Å². The van der Waals surface area contributed by atoms with Gasteiger partial charge in [-0.25, -0.2) is 0 Å². The first-order valence-electron chi connectivity index (χ1n) is 16.0. The molecule has 0 aliphatic carbocycles. The fraction of sp³-hybridized carbons (Fsp3) is 0.231. The molecule has 0 radical (unpaired) electrons. The SMILES string of the molecule is Clc1ccc(C2=CCN(Cc3ccc4[nH]ccc4c3)CC2)cc1.c1ccc(N2CCN(Cc3ccc4[nH]ccc4c3)CC2)cc1. The van der Waals surface area contributed by atoms with Gasteiger partial charge >= 0.3 is 0 Å². The summed E-state index contributed by atoms with van der Waals surface area (Å²) in [6.07, 6.45) is 7.44. The zero-order valence-electron chi connectivity index (χ0n) is 25.6. The van der Waals surface area contributed by atoms with Gasteiger partial charge in [0.2, 0.25) is 0 Å². The van der Waals surface area contributed by atoms with Crippen molar-refractivity contribution in [3.63, 3.8) is 0 Å². The number of piperazine rings is 1. The summed E-state index contributed by atoms with van der Waals surface area (Å²) in [4.78, 5) is 14.0. The normalized spacial score (nSPS) is 16.0. The number of fused-ring (bicyclic) bond motifs is 2. The molecule has 4 heterocycles. The van der Waals surface area contributed by atoms with Crippen LogP contribution < -0.4 is 4.90 Å². The molecule has 2 aromatic heterocycles. The van der Waals surface area contributed by atoms with Gasteiger partial charge in [0.25, 0.3) is 0 Å². The van der Waals surface area contributed by atoms with Crippen LogP contribution in [0.1, 0.15) is 23.1 Å². The molecule has 2 aliphatic rings. The third-order valence-electron chi connectivity index (χ3n) is 9.05. The van der Waals surface area contributed by atoms with Crippen LogP contribution in [0.2, 0.25) is 5.02 Å². The lowest BCUT2D eigenvalue weighted by Gasteiger charge is -2.36. The topological polar surface area (TPSA) is 41.3 Å². The highest BCUT2D eigenvalue weighted by molar-refractivity contribution is 6.30. The average molecular weight is 614 g/mol. The molecule has 0 bridgehead atoms. The number of hydrogen-bond donors (Lipinski definition) is 2. The van der Waals surface area contributed by atoms with E-state index >= 15 is 0 Å². The highest BCUT2D eigenvalue weighted by atomic mass is 35.5. The summed E-state index contributed by atoms with van der Waals surface area (Å²) in [5.74, 6) is 0. The molecule has 0 amide bonds. The number of aromatic nitrogens is 2. The van der Waals surface area contributed by atoms with Gasteiger partial charge in [0.1, 0.15) is 0 Å². The molecule has 6 heteroatoms. The highest BCUT2D eigenvalue weighted by Crippen LogP contribution is 2.25.